The Kier molecular flexibility index (Phi) is 38.8. The average Bonchev–Trinajstić information content (AvgIpc) is 2.46. The fourth-order valence-corrected chi connectivity index (χ4v) is 0.946. The monoisotopic (exact) mass is 565 g/mol. The van der Waals surface area contributed by atoms with Crippen LogP contribution in [0.25, 0.3) is 0 Å². The van der Waals surface area contributed by atoms with Crippen LogP contribution in [0, 0.1) is 0 Å². The van der Waals surface area contributed by atoms with Crippen LogP contribution >= 0.6 is 24.8 Å². The van der Waals surface area contributed by atoms with Crippen molar-refractivity contribution >= 4 is 36.7 Å². The molecule has 13 nitrogen and oxygen atoms in total. The van der Waals surface area contributed by atoms with E-state index in [1.54, 1.807) is 0 Å². The van der Waals surface area contributed by atoms with Crippen LogP contribution in [0.5, 0.6) is 0 Å². The van der Waals surface area contributed by atoms with Crippen molar-refractivity contribution in [1.29, 1.82) is 0 Å². The van der Waals surface area contributed by atoms with Gasteiger partial charge in [0.2, 0.25) is 0 Å². The molecular formula is C6H16N2O11P3Zr2+3. The summed E-state index contributed by atoms with van der Waals surface area (Å²) in [6.07, 6.45) is 0. The summed E-state index contributed by atoms with van der Waals surface area (Å²) in [6.45, 7) is -0.575. The molecule has 0 heterocycles. The summed E-state index contributed by atoms with van der Waals surface area (Å²) < 4.78 is 45.5. The van der Waals surface area contributed by atoms with Crippen LogP contribution in [0.15, 0.2) is 0 Å². The van der Waals surface area contributed by atoms with Gasteiger partial charge in [-0.3, -0.25) is 0 Å². The Labute approximate surface area is 178 Å². The van der Waals surface area contributed by atoms with Crippen molar-refractivity contribution in [2.24, 2.45) is 11.5 Å². The Morgan fingerprint density at radius 3 is 1.17 bits per heavy atom. The van der Waals surface area contributed by atoms with Gasteiger partial charge in [0.15, 0.2) is 0 Å². The number of rotatable bonds is 6. The van der Waals surface area contributed by atoms with E-state index >= 15 is 0 Å². The van der Waals surface area contributed by atoms with E-state index in [0.717, 1.165) is 0 Å². The second-order valence-electron chi connectivity index (χ2n) is 2.40. The molecule has 2 unspecified atom stereocenters. The summed E-state index contributed by atoms with van der Waals surface area (Å²) in [6, 6.07) is 0. The fraction of sp³-hybridized carbons (Fsp3) is 0.667. The van der Waals surface area contributed by atoms with Gasteiger partial charge < -0.3 is 11.5 Å². The summed E-state index contributed by atoms with van der Waals surface area (Å²) >= 11 is 0. The molecule has 2 atom stereocenters. The molecule has 0 bridgehead atoms. The van der Waals surface area contributed by atoms with Crippen LogP contribution in [0.2, 0.25) is 0 Å². The number of carbonyl (C=O) groups excluding carboxylic acids is 2. The second kappa shape index (κ2) is 26.0. The molecule has 18 heteroatoms. The SMILES string of the molecule is CO[P+](=O)OC(=O)CN.CO[P+](=O)OC(=O)CN.O=[P+](O)O.[Zr].[Zr]. The van der Waals surface area contributed by atoms with Crippen LogP contribution in [0.1, 0.15) is 0 Å². The summed E-state index contributed by atoms with van der Waals surface area (Å²) in [5.41, 5.74) is 9.63. The van der Waals surface area contributed by atoms with Crippen molar-refractivity contribution in [2.75, 3.05) is 27.3 Å². The van der Waals surface area contributed by atoms with E-state index in [1.165, 1.54) is 14.2 Å². The molecule has 0 aromatic carbocycles. The van der Waals surface area contributed by atoms with Gasteiger partial charge in [-0.15, -0.1) is 18.8 Å². The first-order valence-electron chi connectivity index (χ1n) is 4.83. The molecule has 0 aliphatic carbocycles. The molecule has 0 rings (SSSR count). The van der Waals surface area contributed by atoms with Crippen LogP contribution in [-0.2, 0) is 93.8 Å². The van der Waals surface area contributed by atoms with Crippen LogP contribution in [-0.4, -0.2) is 49.0 Å². The molecule has 0 fully saturated rings. The molecule has 6 N–H and O–H groups in total. The zero-order valence-electron chi connectivity index (χ0n) is 12.5. The molecule has 0 spiro atoms. The van der Waals surface area contributed by atoms with E-state index < -0.39 is 36.7 Å². The smallest absolute Gasteiger partial charge is 0.321 e. The summed E-state index contributed by atoms with van der Waals surface area (Å²) in [5, 5.41) is 0. The van der Waals surface area contributed by atoms with Gasteiger partial charge in [-0.05, 0) is 0 Å². The Morgan fingerprint density at radius 1 is 0.833 bits per heavy atom. The van der Waals surface area contributed by atoms with Crippen LogP contribution in [0.4, 0.5) is 0 Å². The molecule has 0 aliphatic heterocycles. The minimum absolute atomic E-state index is 0. The van der Waals surface area contributed by atoms with E-state index in [4.69, 9.17) is 25.8 Å². The summed E-state index contributed by atoms with van der Waals surface area (Å²) in [5.74, 6) is -1.48. The number of carbonyl (C=O) groups is 2. The zero-order valence-corrected chi connectivity index (χ0v) is 20.1. The van der Waals surface area contributed by atoms with E-state index in [-0.39, 0.29) is 65.5 Å². The van der Waals surface area contributed by atoms with Crippen molar-refractivity contribution in [2.45, 2.75) is 0 Å². The molecule has 24 heavy (non-hydrogen) atoms. The van der Waals surface area contributed by atoms with Gasteiger partial charge in [0.25, 0.3) is 0 Å². The number of hydrogen-bond acceptors (Lipinski definition) is 11. The van der Waals surface area contributed by atoms with Gasteiger partial charge >= 0.3 is 36.7 Å². The minimum atomic E-state index is -2.87. The van der Waals surface area contributed by atoms with E-state index in [1.807, 2.05) is 0 Å². The van der Waals surface area contributed by atoms with Gasteiger partial charge in [-0.2, -0.15) is 9.05 Å². The van der Waals surface area contributed by atoms with Crippen molar-refractivity contribution in [3.05, 3.63) is 0 Å². The maximum absolute atomic E-state index is 10.2. The molecule has 0 aromatic rings. The maximum Gasteiger partial charge on any atom is 0.752 e. The Hall–Kier alpha value is 0.766. The summed E-state index contributed by atoms with van der Waals surface area (Å²) in [7, 11) is -5.14. The first-order chi connectivity index (χ1) is 10.1. The van der Waals surface area contributed by atoms with Gasteiger partial charge in [0, 0.05) is 66.1 Å². The number of hydrogen-bond donors (Lipinski definition) is 4. The van der Waals surface area contributed by atoms with Gasteiger partial charge in [0.1, 0.15) is 0 Å². The minimum Gasteiger partial charge on any atom is -0.321 e. The molecule has 0 saturated carbocycles. The topological polar surface area (TPSA) is 215 Å². The second-order valence-corrected chi connectivity index (χ2v) is 4.90. The molecule has 0 aliphatic rings. The number of nitrogens with two attached hydrogens (primary N) is 2. The van der Waals surface area contributed by atoms with Crippen molar-refractivity contribution in [3.8, 4) is 0 Å². The zero-order chi connectivity index (χ0) is 18.1. The molecular weight excluding hydrogens is 551 g/mol. The Balaban J connectivity index is -0.0000000771. The van der Waals surface area contributed by atoms with Gasteiger partial charge in [-0.25, -0.2) is 9.59 Å². The third kappa shape index (κ3) is 38.4. The Morgan fingerprint density at radius 2 is 1.04 bits per heavy atom. The predicted octanol–water partition coefficient (Wildman–Crippen LogP) is -0.792. The van der Waals surface area contributed by atoms with E-state index in [2.05, 4.69) is 18.1 Å². The predicted molar refractivity (Wildman–Crippen MR) is 71.6 cm³/mol. The third-order valence-corrected chi connectivity index (χ3v) is 2.29. The first-order valence-corrected chi connectivity index (χ1v) is 8.19. The molecule has 136 valence electrons. The molecule has 0 radical (unpaired) electrons. The molecule has 0 amide bonds. The van der Waals surface area contributed by atoms with Gasteiger partial charge in [0.05, 0.1) is 27.3 Å². The normalized spacial score (nSPS) is 9.08. The van der Waals surface area contributed by atoms with Crippen molar-refractivity contribution in [3.63, 3.8) is 0 Å². The first kappa shape index (κ1) is 35.8. The molecule has 0 aromatic heterocycles. The largest absolute Gasteiger partial charge is 0.752 e. The van der Waals surface area contributed by atoms with Crippen LogP contribution in [0.3, 0.4) is 0 Å². The average molecular weight is 568 g/mol. The van der Waals surface area contributed by atoms with Crippen molar-refractivity contribution in [1.82, 2.24) is 0 Å². The Bertz CT molecular complexity index is 338. The molecule has 0 saturated heterocycles. The fourth-order valence-electron chi connectivity index (χ4n) is 0.315. The van der Waals surface area contributed by atoms with E-state index in [0.29, 0.717) is 0 Å². The third-order valence-electron chi connectivity index (χ3n) is 0.984. The van der Waals surface area contributed by atoms with E-state index in [9.17, 15) is 18.7 Å². The van der Waals surface area contributed by atoms with Crippen molar-refractivity contribution < 1.29 is 104 Å². The van der Waals surface area contributed by atoms with Crippen LogP contribution < -0.4 is 11.5 Å². The quantitative estimate of drug-likeness (QED) is 0.290. The maximum atomic E-state index is 10.2. The summed E-state index contributed by atoms with van der Waals surface area (Å²) in [4.78, 5) is 34.6. The standard InChI is InChI=1S/2C3H7NO4P.HO3P.2Zr/c2*1-7-9(6)8-3(5)2-4;1-4(2)3;;/h2*2,4H2,1H3;(H-,1,2,3);;/q2*+1;;;/p+1. The van der Waals surface area contributed by atoms with Gasteiger partial charge in [-0.1, -0.05) is 0 Å².